The van der Waals surface area contributed by atoms with Gasteiger partial charge in [0.05, 0.1) is 12.6 Å². The van der Waals surface area contributed by atoms with Gasteiger partial charge in [-0.25, -0.2) is 4.79 Å². The number of carbonyl (C=O) groups excluding carboxylic acids is 1. The zero-order valence-corrected chi connectivity index (χ0v) is 10.9. The predicted molar refractivity (Wildman–Crippen MR) is 74.0 cm³/mol. The molecule has 0 amide bonds. The third-order valence-electron chi connectivity index (χ3n) is 2.99. The summed E-state index contributed by atoms with van der Waals surface area (Å²) >= 11 is 0. The van der Waals surface area contributed by atoms with Gasteiger partial charge in [-0.1, -0.05) is 18.2 Å². The molecule has 4 heteroatoms. The Balaban J connectivity index is 2.40. The summed E-state index contributed by atoms with van der Waals surface area (Å²) in [5.41, 5.74) is 1.40. The Morgan fingerprint density at radius 2 is 2.05 bits per heavy atom. The highest BCUT2D eigenvalue weighted by atomic mass is 16.5. The first-order chi connectivity index (χ1) is 9.13. The van der Waals surface area contributed by atoms with Crippen LogP contribution < -0.4 is 5.43 Å². The van der Waals surface area contributed by atoms with Crippen LogP contribution in [0, 0.1) is 0 Å². The molecule has 2 aromatic rings. The van der Waals surface area contributed by atoms with Crippen molar-refractivity contribution in [3.63, 3.8) is 0 Å². The van der Waals surface area contributed by atoms with Crippen LogP contribution in [0.4, 0.5) is 0 Å². The molecule has 0 unspecified atom stereocenters. The number of hydrogen-bond acceptors (Lipinski definition) is 3. The molecule has 0 bridgehead atoms. The maximum Gasteiger partial charge on any atom is 0.333 e. The SMILES string of the molecule is COC(=O)C(C)=CCn1ccc(=O)c2ccccc21. The lowest BCUT2D eigenvalue weighted by atomic mass is 10.2. The van der Waals surface area contributed by atoms with E-state index in [1.54, 1.807) is 25.3 Å². The second-order valence-corrected chi connectivity index (χ2v) is 4.23. The minimum Gasteiger partial charge on any atom is -0.466 e. The van der Waals surface area contributed by atoms with Crippen molar-refractivity contribution in [1.82, 2.24) is 4.57 Å². The molecule has 98 valence electrons. The van der Waals surface area contributed by atoms with E-state index in [1.807, 2.05) is 22.8 Å². The fourth-order valence-electron chi connectivity index (χ4n) is 1.90. The molecule has 0 saturated heterocycles. The number of rotatable bonds is 3. The number of fused-ring (bicyclic) bond motifs is 1. The Hall–Kier alpha value is -2.36. The summed E-state index contributed by atoms with van der Waals surface area (Å²) in [4.78, 5) is 23.0. The standard InChI is InChI=1S/C15H15NO3/c1-11(15(18)19-2)7-9-16-10-8-14(17)12-5-3-4-6-13(12)16/h3-8,10H,9H2,1-2H3. The van der Waals surface area contributed by atoms with Crippen LogP contribution in [0.25, 0.3) is 10.9 Å². The van der Waals surface area contributed by atoms with Crippen molar-refractivity contribution in [2.45, 2.75) is 13.5 Å². The number of nitrogens with zero attached hydrogens (tertiary/aromatic N) is 1. The van der Waals surface area contributed by atoms with Crippen molar-refractivity contribution in [1.29, 1.82) is 0 Å². The number of esters is 1. The first kappa shape index (κ1) is 13.1. The predicted octanol–water partition coefficient (Wildman–Crippen LogP) is 2.12. The van der Waals surface area contributed by atoms with Crippen LogP contribution in [0.5, 0.6) is 0 Å². The molecule has 1 heterocycles. The average molecular weight is 257 g/mol. The Bertz CT molecular complexity index is 698. The number of methoxy groups -OCH3 is 1. The van der Waals surface area contributed by atoms with E-state index >= 15 is 0 Å². The topological polar surface area (TPSA) is 48.3 Å². The van der Waals surface area contributed by atoms with E-state index in [-0.39, 0.29) is 11.4 Å². The molecule has 1 aromatic carbocycles. The van der Waals surface area contributed by atoms with Crippen LogP contribution in [0.1, 0.15) is 6.92 Å². The van der Waals surface area contributed by atoms with Crippen molar-refractivity contribution in [3.8, 4) is 0 Å². The van der Waals surface area contributed by atoms with Gasteiger partial charge >= 0.3 is 5.97 Å². The third-order valence-corrected chi connectivity index (χ3v) is 2.99. The van der Waals surface area contributed by atoms with Gasteiger partial charge in [0.2, 0.25) is 0 Å². The maximum atomic E-state index is 11.7. The highest BCUT2D eigenvalue weighted by molar-refractivity contribution is 5.87. The van der Waals surface area contributed by atoms with Crippen LogP contribution >= 0.6 is 0 Å². The zero-order chi connectivity index (χ0) is 13.8. The van der Waals surface area contributed by atoms with Crippen molar-refractivity contribution in [3.05, 3.63) is 58.4 Å². The van der Waals surface area contributed by atoms with Gasteiger partial charge in [0.1, 0.15) is 0 Å². The van der Waals surface area contributed by atoms with Crippen LogP contribution in [0.15, 0.2) is 53.0 Å². The molecule has 0 aliphatic carbocycles. The minimum absolute atomic E-state index is 0.000481. The summed E-state index contributed by atoms with van der Waals surface area (Å²) in [6, 6.07) is 8.94. The largest absolute Gasteiger partial charge is 0.466 e. The molecule has 1 aromatic heterocycles. The van der Waals surface area contributed by atoms with Gasteiger partial charge in [0, 0.05) is 29.8 Å². The number of pyridine rings is 1. The van der Waals surface area contributed by atoms with Crippen LogP contribution in [0.2, 0.25) is 0 Å². The molecule has 0 fully saturated rings. The van der Waals surface area contributed by atoms with Gasteiger partial charge in [0.15, 0.2) is 5.43 Å². The lowest BCUT2D eigenvalue weighted by molar-refractivity contribution is -0.136. The second-order valence-electron chi connectivity index (χ2n) is 4.23. The molecule has 2 rings (SSSR count). The number of para-hydroxylation sites is 1. The van der Waals surface area contributed by atoms with Crippen molar-refractivity contribution < 1.29 is 9.53 Å². The number of aromatic nitrogens is 1. The van der Waals surface area contributed by atoms with Gasteiger partial charge in [-0.05, 0) is 19.1 Å². The summed E-state index contributed by atoms with van der Waals surface area (Å²) in [6.45, 7) is 2.22. The van der Waals surface area contributed by atoms with E-state index in [9.17, 15) is 9.59 Å². The molecule has 0 saturated carbocycles. The molecule has 4 nitrogen and oxygen atoms in total. The van der Waals surface area contributed by atoms with E-state index in [1.165, 1.54) is 13.2 Å². The Morgan fingerprint density at radius 1 is 1.32 bits per heavy atom. The zero-order valence-electron chi connectivity index (χ0n) is 10.9. The van der Waals surface area contributed by atoms with E-state index in [4.69, 9.17) is 0 Å². The summed E-state index contributed by atoms with van der Waals surface area (Å²) in [7, 11) is 1.36. The van der Waals surface area contributed by atoms with E-state index < -0.39 is 0 Å². The quantitative estimate of drug-likeness (QED) is 0.625. The number of hydrogen-bond donors (Lipinski definition) is 0. The maximum absolute atomic E-state index is 11.7. The van der Waals surface area contributed by atoms with E-state index in [0.717, 1.165) is 5.52 Å². The second kappa shape index (κ2) is 5.52. The molecular formula is C15H15NO3. The molecule has 0 aliphatic rings. The Morgan fingerprint density at radius 3 is 2.79 bits per heavy atom. The van der Waals surface area contributed by atoms with Crippen molar-refractivity contribution in [2.75, 3.05) is 7.11 Å². The van der Waals surface area contributed by atoms with Crippen molar-refractivity contribution in [2.24, 2.45) is 0 Å². The van der Waals surface area contributed by atoms with Gasteiger partial charge in [0.25, 0.3) is 0 Å². The Labute approximate surface area is 110 Å². The molecular weight excluding hydrogens is 242 g/mol. The summed E-state index contributed by atoms with van der Waals surface area (Å²) in [5.74, 6) is -0.342. The van der Waals surface area contributed by atoms with Gasteiger partial charge in [-0.2, -0.15) is 0 Å². The average Bonchev–Trinajstić information content (AvgIpc) is 2.45. The van der Waals surface area contributed by atoms with Crippen LogP contribution in [-0.2, 0) is 16.1 Å². The number of allylic oxidation sites excluding steroid dienone is 1. The van der Waals surface area contributed by atoms with Crippen LogP contribution in [0.3, 0.4) is 0 Å². The lowest BCUT2D eigenvalue weighted by Gasteiger charge is -2.08. The molecule has 0 atom stereocenters. The third kappa shape index (κ3) is 2.73. The molecule has 0 N–H and O–H groups in total. The Kier molecular flexibility index (Phi) is 3.80. The molecule has 0 spiro atoms. The van der Waals surface area contributed by atoms with Gasteiger partial charge in [-0.15, -0.1) is 0 Å². The fourth-order valence-corrected chi connectivity index (χ4v) is 1.90. The molecule has 0 aliphatic heterocycles. The first-order valence-electron chi connectivity index (χ1n) is 5.96. The van der Waals surface area contributed by atoms with Crippen molar-refractivity contribution >= 4 is 16.9 Å². The first-order valence-corrected chi connectivity index (χ1v) is 5.96. The summed E-state index contributed by atoms with van der Waals surface area (Å²) < 4.78 is 6.56. The molecule has 19 heavy (non-hydrogen) atoms. The summed E-state index contributed by atoms with van der Waals surface area (Å²) in [6.07, 6.45) is 3.51. The highest BCUT2D eigenvalue weighted by Gasteiger charge is 2.04. The van der Waals surface area contributed by atoms with Gasteiger partial charge in [-0.3, -0.25) is 4.79 Å². The van der Waals surface area contributed by atoms with E-state index in [0.29, 0.717) is 17.5 Å². The normalized spacial score (nSPS) is 11.6. The van der Waals surface area contributed by atoms with Gasteiger partial charge < -0.3 is 9.30 Å². The van der Waals surface area contributed by atoms with E-state index in [2.05, 4.69) is 4.74 Å². The monoisotopic (exact) mass is 257 g/mol. The number of carbonyl (C=O) groups is 1. The smallest absolute Gasteiger partial charge is 0.333 e. The van der Waals surface area contributed by atoms with Crippen LogP contribution in [-0.4, -0.2) is 17.6 Å². The number of ether oxygens (including phenoxy) is 1. The summed E-state index contributed by atoms with van der Waals surface area (Å²) in [5, 5.41) is 0.675. The lowest BCUT2D eigenvalue weighted by Crippen LogP contribution is -2.08. The molecule has 0 radical (unpaired) electrons. The highest BCUT2D eigenvalue weighted by Crippen LogP contribution is 2.10. The minimum atomic E-state index is -0.342. The fraction of sp³-hybridized carbons (Fsp3) is 0.200. The number of benzene rings is 1.